The van der Waals surface area contributed by atoms with Gasteiger partial charge in [-0.1, -0.05) is 209 Å². The van der Waals surface area contributed by atoms with Crippen LogP contribution in [0.3, 0.4) is 0 Å². The Kier molecular flexibility index (Phi) is 38.1. The van der Waals surface area contributed by atoms with Gasteiger partial charge < -0.3 is 18.9 Å². The van der Waals surface area contributed by atoms with E-state index >= 15 is 0 Å². The Labute approximate surface area is 355 Å². The minimum atomic E-state index is -4.41. The van der Waals surface area contributed by atoms with Crippen molar-refractivity contribution in [1.82, 2.24) is 0 Å². The maximum atomic E-state index is 12.7. The average Bonchev–Trinajstić information content (AvgIpc) is 3.17. The van der Waals surface area contributed by atoms with Gasteiger partial charge in [-0.2, -0.15) is 0 Å². The molecule has 58 heavy (non-hydrogen) atoms. The van der Waals surface area contributed by atoms with Crippen LogP contribution in [0.4, 0.5) is 0 Å². The minimum Gasteiger partial charge on any atom is -0.458 e. The fourth-order valence-corrected chi connectivity index (χ4v) is 6.65. The van der Waals surface area contributed by atoms with Crippen molar-refractivity contribution in [3.63, 3.8) is 0 Å². The number of ether oxygens (including phenoxy) is 2. The second-order valence-electron chi connectivity index (χ2n) is 16.3. The Morgan fingerprint density at radius 2 is 1.00 bits per heavy atom. The van der Waals surface area contributed by atoms with Gasteiger partial charge in [0.05, 0.1) is 27.7 Å². The number of likely N-dealkylation sites (N-methyl/N-ethyl adjacent to an activating group) is 1. The third kappa shape index (κ3) is 43.0. The molecule has 0 aliphatic rings. The number of hydrogen-bond acceptors (Lipinski definition) is 7. The predicted molar refractivity (Wildman–Crippen MR) is 242 cm³/mol. The molecule has 2 atom stereocenters. The van der Waals surface area contributed by atoms with Crippen molar-refractivity contribution < 1.29 is 42.1 Å². The van der Waals surface area contributed by atoms with Crippen molar-refractivity contribution in [2.24, 2.45) is 0 Å². The molecule has 0 saturated carbocycles. The second kappa shape index (κ2) is 39.9. The van der Waals surface area contributed by atoms with Crippen LogP contribution < -0.4 is 0 Å². The van der Waals surface area contributed by atoms with E-state index in [1.807, 2.05) is 57.6 Å². The predicted octanol–water partition coefficient (Wildman–Crippen LogP) is 13.0. The van der Waals surface area contributed by atoms with Crippen LogP contribution >= 0.6 is 7.82 Å². The van der Waals surface area contributed by atoms with Gasteiger partial charge in [-0.25, -0.2) is 9.36 Å². The molecule has 0 fully saturated rings. The first-order valence-electron chi connectivity index (χ1n) is 22.8. The van der Waals surface area contributed by atoms with Gasteiger partial charge in [-0.15, -0.1) is 0 Å². The lowest BCUT2D eigenvalue weighted by atomic mass is 10.0. The summed E-state index contributed by atoms with van der Waals surface area (Å²) in [5, 5.41) is 0. The smallest absolute Gasteiger partial charge is 0.458 e. The van der Waals surface area contributed by atoms with Gasteiger partial charge >= 0.3 is 19.8 Å². The number of hydrogen-bond donors (Lipinski definition) is 1. The molecule has 0 aromatic heterocycles. The van der Waals surface area contributed by atoms with Crippen molar-refractivity contribution >= 4 is 19.8 Å². The summed E-state index contributed by atoms with van der Waals surface area (Å²) in [6.45, 7) is 4.22. The zero-order chi connectivity index (χ0) is 42.8. The van der Waals surface area contributed by atoms with Gasteiger partial charge in [0.2, 0.25) is 0 Å². The summed E-state index contributed by atoms with van der Waals surface area (Å²) in [6, 6.07) is 0. The molecule has 0 saturated heterocycles. The van der Waals surface area contributed by atoms with E-state index in [1.54, 1.807) is 18.2 Å². The monoisotopic (exact) mass is 835 g/mol. The molecule has 1 N–H and O–H groups in total. The van der Waals surface area contributed by atoms with E-state index in [1.165, 1.54) is 122 Å². The van der Waals surface area contributed by atoms with E-state index in [4.69, 9.17) is 18.5 Å². The van der Waals surface area contributed by atoms with Gasteiger partial charge in [0.1, 0.15) is 19.8 Å². The lowest BCUT2D eigenvalue weighted by Gasteiger charge is -2.24. The number of allylic oxidation sites excluding steroid dienone is 11. The fraction of sp³-hybridized carbons (Fsp3) is 0.708. The Hall–Kier alpha value is -2.55. The number of unbranched alkanes of at least 4 members (excludes halogenated alkanes) is 21. The zero-order valence-corrected chi connectivity index (χ0v) is 38.4. The van der Waals surface area contributed by atoms with Crippen LogP contribution in [-0.4, -0.2) is 74.9 Å². The molecule has 0 bridgehead atoms. The molecule has 0 spiro atoms. The van der Waals surface area contributed by atoms with Crippen molar-refractivity contribution in [2.45, 2.75) is 174 Å². The maximum Gasteiger partial charge on any atom is 0.472 e. The number of nitrogens with zero attached hydrogens (tertiary/aromatic N) is 1. The summed E-state index contributed by atoms with van der Waals surface area (Å²) in [5.74, 6) is -1.11. The van der Waals surface area contributed by atoms with E-state index in [9.17, 15) is 19.0 Å². The number of phosphoric ester groups is 1. The second-order valence-corrected chi connectivity index (χ2v) is 17.7. The SMILES string of the molecule is CCCCCCCCCC=CC=CC=CC=CC=CC=CC(=O)OCC(COP(=O)(O)OCC[N+](C)(C)C)OC(=O)CCCCCCCCCCCCCCCCC. The van der Waals surface area contributed by atoms with Crippen molar-refractivity contribution in [2.75, 3.05) is 47.5 Å². The molecule has 0 amide bonds. The summed E-state index contributed by atoms with van der Waals surface area (Å²) in [4.78, 5) is 35.2. The molecular weight excluding hydrogens is 750 g/mol. The van der Waals surface area contributed by atoms with Gasteiger partial charge in [0, 0.05) is 12.5 Å². The fourth-order valence-electron chi connectivity index (χ4n) is 5.91. The van der Waals surface area contributed by atoms with Crippen LogP contribution in [-0.2, 0) is 32.7 Å². The normalized spacial score (nSPS) is 14.2. The summed E-state index contributed by atoms with van der Waals surface area (Å²) >= 11 is 0. The Morgan fingerprint density at radius 3 is 1.48 bits per heavy atom. The number of rotatable bonds is 40. The van der Waals surface area contributed by atoms with Crippen LogP contribution in [0.15, 0.2) is 72.9 Å². The largest absolute Gasteiger partial charge is 0.472 e. The van der Waals surface area contributed by atoms with Crippen LogP contribution in [0.2, 0.25) is 0 Å². The molecule has 2 unspecified atom stereocenters. The number of carbonyl (C=O) groups excluding carboxylic acids is 2. The average molecular weight is 835 g/mol. The maximum absolute atomic E-state index is 12.7. The molecule has 9 nitrogen and oxygen atoms in total. The summed E-state index contributed by atoms with van der Waals surface area (Å²) in [5.41, 5.74) is 0. The molecule has 0 heterocycles. The number of quaternary nitrogens is 1. The highest BCUT2D eigenvalue weighted by atomic mass is 31.2. The highest BCUT2D eigenvalue weighted by Crippen LogP contribution is 2.43. The molecule has 0 rings (SSSR count). The summed E-state index contributed by atoms with van der Waals surface area (Å²) in [7, 11) is 1.40. The molecule has 0 aromatic rings. The highest BCUT2D eigenvalue weighted by Gasteiger charge is 2.26. The van der Waals surface area contributed by atoms with E-state index in [0.29, 0.717) is 17.4 Å². The standard InChI is InChI=1S/C48H84NO8P/c1-6-8-10-12-14-16-18-20-22-23-24-25-27-28-30-32-34-36-38-40-47(50)54-44-46(45-56-58(52,53)55-43-42-49(3,4)5)57-48(51)41-39-37-35-33-31-29-26-21-19-17-15-13-11-9-7-2/h22-25,27-28,30,32,34,36,38,40,46H,6-21,26,29,31,33,35,37,39,41-45H2,1-5H3/p+1. The van der Waals surface area contributed by atoms with Crippen LogP contribution in [0.1, 0.15) is 168 Å². The topological polar surface area (TPSA) is 108 Å². The Bertz CT molecular complexity index is 1220. The quantitative estimate of drug-likeness (QED) is 0.0162. The zero-order valence-electron chi connectivity index (χ0n) is 37.5. The van der Waals surface area contributed by atoms with Crippen LogP contribution in [0, 0.1) is 0 Å². The Balaban J connectivity index is 4.58. The highest BCUT2D eigenvalue weighted by molar-refractivity contribution is 7.47. The lowest BCUT2D eigenvalue weighted by molar-refractivity contribution is -0.870. The van der Waals surface area contributed by atoms with Crippen molar-refractivity contribution in [1.29, 1.82) is 0 Å². The summed E-state index contributed by atoms with van der Waals surface area (Å²) < 4.78 is 34.1. The van der Waals surface area contributed by atoms with Gasteiger partial charge in [0.25, 0.3) is 0 Å². The van der Waals surface area contributed by atoms with Gasteiger partial charge in [0.15, 0.2) is 6.10 Å². The van der Waals surface area contributed by atoms with Crippen LogP contribution in [0.25, 0.3) is 0 Å². The molecule has 0 radical (unpaired) electrons. The third-order valence-corrected chi connectivity index (χ3v) is 10.5. The molecule has 0 aliphatic heterocycles. The first-order chi connectivity index (χ1) is 28.0. The van der Waals surface area contributed by atoms with Gasteiger partial charge in [-0.05, 0) is 19.3 Å². The minimum absolute atomic E-state index is 0.00772. The molecule has 10 heteroatoms. The number of phosphoric acid groups is 1. The van der Waals surface area contributed by atoms with E-state index in [2.05, 4.69) is 26.0 Å². The molecular formula is C48H85NO8P+. The van der Waals surface area contributed by atoms with Crippen molar-refractivity contribution in [3.05, 3.63) is 72.9 Å². The Morgan fingerprint density at radius 1 is 0.569 bits per heavy atom. The molecule has 0 aliphatic carbocycles. The number of esters is 2. The van der Waals surface area contributed by atoms with Gasteiger partial charge in [-0.3, -0.25) is 13.8 Å². The lowest BCUT2D eigenvalue weighted by Crippen LogP contribution is -2.37. The van der Waals surface area contributed by atoms with E-state index in [0.717, 1.165) is 25.7 Å². The van der Waals surface area contributed by atoms with Crippen molar-refractivity contribution in [3.8, 4) is 0 Å². The first-order valence-corrected chi connectivity index (χ1v) is 24.3. The van der Waals surface area contributed by atoms with E-state index in [-0.39, 0.29) is 19.6 Å². The third-order valence-electron chi connectivity index (χ3n) is 9.48. The molecule has 0 aromatic carbocycles. The van der Waals surface area contributed by atoms with E-state index < -0.39 is 32.5 Å². The first kappa shape index (κ1) is 55.5. The summed E-state index contributed by atoms with van der Waals surface area (Å²) in [6.07, 6.45) is 50.2. The number of carbonyl (C=O) groups is 2. The van der Waals surface area contributed by atoms with Crippen LogP contribution in [0.5, 0.6) is 0 Å². The molecule has 334 valence electrons.